The maximum atomic E-state index is 2.49. The van der Waals surface area contributed by atoms with Crippen molar-refractivity contribution in [1.29, 1.82) is 0 Å². The summed E-state index contributed by atoms with van der Waals surface area (Å²) in [6.07, 6.45) is 0.955. The van der Waals surface area contributed by atoms with Gasteiger partial charge in [-0.3, -0.25) is 0 Å². The maximum Gasteiger partial charge on any atom is 0.0719 e. The van der Waals surface area contributed by atoms with E-state index in [9.17, 15) is 0 Å². The molecule has 0 saturated heterocycles. The Morgan fingerprint density at radius 2 is 0.900 bits per heavy atom. The van der Waals surface area contributed by atoms with E-state index in [0.717, 1.165) is 6.42 Å². The second-order valence-corrected chi connectivity index (χ2v) is 11.5. The molecule has 0 N–H and O–H groups in total. The van der Waals surface area contributed by atoms with Crippen LogP contribution in [-0.2, 0) is 11.8 Å². The van der Waals surface area contributed by atoms with E-state index < -0.39 is 0 Å². The normalized spacial score (nSPS) is 16.2. The molecule has 1 atom stereocenters. The lowest BCUT2D eigenvalue weighted by atomic mass is 9.61. The second-order valence-electron chi connectivity index (χ2n) is 11.5. The van der Waals surface area contributed by atoms with E-state index in [-0.39, 0.29) is 5.41 Å². The zero-order chi connectivity index (χ0) is 26.8. The molecule has 1 unspecified atom stereocenters. The molecule has 0 radical (unpaired) electrons. The molecule has 0 nitrogen and oxygen atoms in total. The molecule has 6 aromatic rings. The van der Waals surface area contributed by atoms with Gasteiger partial charge in [-0.15, -0.1) is 0 Å². The van der Waals surface area contributed by atoms with E-state index >= 15 is 0 Å². The van der Waals surface area contributed by atoms with Crippen LogP contribution in [0.2, 0.25) is 0 Å². The minimum Gasteiger partial charge on any atom is -0.0620 e. The van der Waals surface area contributed by atoms with Crippen LogP contribution in [-0.4, -0.2) is 0 Å². The van der Waals surface area contributed by atoms with Crippen LogP contribution in [0.4, 0.5) is 0 Å². The van der Waals surface area contributed by atoms with Crippen molar-refractivity contribution >= 4 is 0 Å². The summed E-state index contributed by atoms with van der Waals surface area (Å²) >= 11 is 0. The zero-order valence-corrected chi connectivity index (χ0v) is 22.9. The number of hydrogen-bond donors (Lipinski definition) is 0. The van der Waals surface area contributed by atoms with Gasteiger partial charge < -0.3 is 0 Å². The van der Waals surface area contributed by atoms with E-state index in [1.165, 1.54) is 77.9 Å². The molecule has 1 spiro atoms. The molecular formula is C40H30. The minimum absolute atomic E-state index is 0.364. The van der Waals surface area contributed by atoms with Crippen LogP contribution in [0.15, 0.2) is 133 Å². The standard InChI is InChI=1S/C40H30/c1-26-11-15-28(16-12-26)30-19-20-33-23-32-7-3-5-9-36(32)40(38(33)24-30)37-10-6-4-8-34(37)35-22-21-31(25-39(35)40)29-17-13-27(2)14-18-29/h3-22,24-25H,23H2,1-2H3. The summed E-state index contributed by atoms with van der Waals surface area (Å²) in [5.41, 5.74) is 18.4. The third-order valence-electron chi connectivity index (χ3n) is 9.13. The molecule has 2 aliphatic carbocycles. The number of rotatable bonds is 2. The molecule has 0 bridgehead atoms. The van der Waals surface area contributed by atoms with Crippen LogP contribution in [0, 0.1) is 13.8 Å². The van der Waals surface area contributed by atoms with Crippen LogP contribution in [0.5, 0.6) is 0 Å². The van der Waals surface area contributed by atoms with Gasteiger partial charge in [0.05, 0.1) is 5.41 Å². The predicted octanol–water partition coefficient (Wildman–Crippen LogP) is 9.90. The van der Waals surface area contributed by atoms with Gasteiger partial charge in [0.15, 0.2) is 0 Å². The van der Waals surface area contributed by atoms with Crippen LogP contribution in [0.1, 0.15) is 44.5 Å². The Bertz CT molecular complexity index is 1920. The highest BCUT2D eigenvalue weighted by atomic mass is 14.5. The Balaban J connectivity index is 1.47. The Morgan fingerprint density at radius 3 is 1.60 bits per heavy atom. The van der Waals surface area contributed by atoms with Gasteiger partial charge in [-0.1, -0.05) is 132 Å². The molecule has 0 aliphatic heterocycles. The Labute approximate surface area is 236 Å². The summed E-state index contributed by atoms with van der Waals surface area (Å²) in [4.78, 5) is 0. The average Bonchev–Trinajstić information content (AvgIpc) is 3.28. The second kappa shape index (κ2) is 8.66. The summed E-state index contributed by atoms with van der Waals surface area (Å²) in [5, 5.41) is 0. The SMILES string of the molecule is Cc1ccc(-c2ccc3c(c2)C2(c4ccccc4C3)c3ccccc3-c3ccc(-c4ccc(C)cc4)cc32)cc1. The highest BCUT2D eigenvalue weighted by molar-refractivity contribution is 5.90. The summed E-state index contributed by atoms with van der Waals surface area (Å²) < 4.78 is 0. The molecule has 0 aromatic heterocycles. The van der Waals surface area contributed by atoms with E-state index in [1.807, 2.05) is 0 Å². The number of benzene rings is 6. The van der Waals surface area contributed by atoms with Crippen LogP contribution < -0.4 is 0 Å². The Hall–Kier alpha value is -4.68. The van der Waals surface area contributed by atoms with E-state index in [2.05, 4.69) is 147 Å². The van der Waals surface area contributed by atoms with Gasteiger partial charge >= 0.3 is 0 Å². The fourth-order valence-electron chi connectivity index (χ4n) is 7.18. The van der Waals surface area contributed by atoms with Crippen molar-refractivity contribution in [3.8, 4) is 33.4 Å². The Morgan fingerprint density at radius 1 is 0.400 bits per heavy atom. The quantitative estimate of drug-likeness (QED) is 0.217. The maximum absolute atomic E-state index is 2.49. The largest absolute Gasteiger partial charge is 0.0719 e. The minimum atomic E-state index is -0.364. The van der Waals surface area contributed by atoms with Crippen molar-refractivity contribution in [2.75, 3.05) is 0 Å². The molecule has 0 fully saturated rings. The first-order chi connectivity index (χ1) is 19.6. The first-order valence-electron chi connectivity index (χ1n) is 14.2. The molecule has 0 heteroatoms. The van der Waals surface area contributed by atoms with Crippen molar-refractivity contribution in [3.05, 3.63) is 178 Å². The fourth-order valence-corrected chi connectivity index (χ4v) is 7.18. The van der Waals surface area contributed by atoms with Gasteiger partial charge in [-0.2, -0.15) is 0 Å². The van der Waals surface area contributed by atoms with E-state index in [0.29, 0.717) is 0 Å². The first-order valence-corrected chi connectivity index (χ1v) is 14.2. The van der Waals surface area contributed by atoms with Crippen LogP contribution in [0.3, 0.4) is 0 Å². The van der Waals surface area contributed by atoms with Crippen LogP contribution >= 0.6 is 0 Å². The van der Waals surface area contributed by atoms with Gasteiger partial charge in [-0.25, -0.2) is 0 Å². The fraction of sp³-hybridized carbons (Fsp3) is 0.100. The molecule has 6 aromatic carbocycles. The van der Waals surface area contributed by atoms with Gasteiger partial charge in [0.25, 0.3) is 0 Å². The number of aryl methyl sites for hydroxylation is 2. The lowest BCUT2D eigenvalue weighted by molar-refractivity contribution is 0.722. The van der Waals surface area contributed by atoms with Crippen molar-refractivity contribution in [1.82, 2.24) is 0 Å². The molecule has 0 heterocycles. The summed E-state index contributed by atoms with van der Waals surface area (Å²) in [6, 6.07) is 50.4. The molecule has 0 saturated carbocycles. The van der Waals surface area contributed by atoms with Crippen molar-refractivity contribution in [2.45, 2.75) is 25.7 Å². The summed E-state index contributed by atoms with van der Waals surface area (Å²) in [5.74, 6) is 0. The third kappa shape index (κ3) is 3.26. The van der Waals surface area contributed by atoms with Crippen molar-refractivity contribution in [2.24, 2.45) is 0 Å². The molecule has 40 heavy (non-hydrogen) atoms. The molecular weight excluding hydrogens is 480 g/mol. The molecule has 190 valence electrons. The van der Waals surface area contributed by atoms with Crippen molar-refractivity contribution < 1.29 is 0 Å². The molecule has 2 aliphatic rings. The van der Waals surface area contributed by atoms with Gasteiger partial charge in [0.1, 0.15) is 0 Å². The highest BCUT2D eigenvalue weighted by Crippen LogP contribution is 2.60. The molecule has 0 amide bonds. The van der Waals surface area contributed by atoms with Crippen molar-refractivity contribution in [3.63, 3.8) is 0 Å². The van der Waals surface area contributed by atoms with Gasteiger partial charge in [0, 0.05) is 0 Å². The average molecular weight is 511 g/mol. The Kier molecular flexibility index (Phi) is 5.03. The molecule has 8 rings (SSSR count). The monoisotopic (exact) mass is 510 g/mol. The number of hydrogen-bond acceptors (Lipinski definition) is 0. The topological polar surface area (TPSA) is 0 Å². The van der Waals surface area contributed by atoms with E-state index in [4.69, 9.17) is 0 Å². The van der Waals surface area contributed by atoms with Gasteiger partial charge in [-0.05, 0) is 99.2 Å². The van der Waals surface area contributed by atoms with E-state index in [1.54, 1.807) is 0 Å². The summed E-state index contributed by atoms with van der Waals surface area (Å²) in [6.45, 7) is 4.31. The highest BCUT2D eigenvalue weighted by Gasteiger charge is 2.49. The van der Waals surface area contributed by atoms with Gasteiger partial charge in [0.2, 0.25) is 0 Å². The first kappa shape index (κ1) is 23.2. The number of fused-ring (bicyclic) bond motifs is 9. The predicted molar refractivity (Wildman–Crippen MR) is 167 cm³/mol. The zero-order valence-electron chi connectivity index (χ0n) is 22.9. The third-order valence-corrected chi connectivity index (χ3v) is 9.13. The van der Waals surface area contributed by atoms with Crippen LogP contribution in [0.25, 0.3) is 33.4 Å². The summed E-state index contributed by atoms with van der Waals surface area (Å²) in [7, 11) is 0. The smallest absolute Gasteiger partial charge is 0.0620 e. The lowest BCUT2D eigenvalue weighted by Crippen LogP contribution is -2.34. The lowest BCUT2D eigenvalue weighted by Gasteiger charge is -2.40.